The molecular formula is C24H15Cl2N3O2. The molecular weight excluding hydrogens is 433 g/mol. The molecule has 1 aromatic heterocycles. The molecule has 0 spiro atoms. The average Bonchev–Trinajstić information content (AvgIpc) is 3.38. The van der Waals surface area contributed by atoms with Crippen LogP contribution in [0.4, 0.5) is 0 Å². The van der Waals surface area contributed by atoms with Crippen molar-refractivity contribution in [2.24, 2.45) is 0 Å². The Balaban J connectivity index is 1.63. The van der Waals surface area contributed by atoms with Crippen LogP contribution in [0.1, 0.15) is 17.0 Å². The molecule has 7 heteroatoms. The zero-order chi connectivity index (χ0) is 21.4. The number of ether oxygens (including phenoxy) is 2. The van der Waals surface area contributed by atoms with E-state index in [1.807, 2.05) is 53.1 Å². The van der Waals surface area contributed by atoms with Crippen molar-refractivity contribution in [3.05, 3.63) is 87.7 Å². The van der Waals surface area contributed by atoms with Crippen molar-refractivity contribution < 1.29 is 9.47 Å². The zero-order valence-electron chi connectivity index (χ0n) is 16.2. The van der Waals surface area contributed by atoms with E-state index in [1.54, 1.807) is 18.2 Å². The molecule has 1 aliphatic heterocycles. The fourth-order valence-electron chi connectivity index (χ4n) is 3.58. The summed E-state index contributed by atoms with van der Waals surface area (Å²) in [6.07, 6.45) is 1.79. The molecule has 5 rings (SSSR count). The first-order chi connectivity index (χ1) is 15.1. The Bertz CT molecular complexity index is 1390. The van der Waals surface area contributed by atoms with Crippen LogP contribution in [0.3, 0.4) is 0 Å². The highest BCUT2D eigenvalue weighted by atomic mass is 35.5. The number of allylic oxidation sites excluding steroid dienone is 1. The third-order valence-electron chi connectivity index (χ3n) is 5.07. The Morgan fingerprint density at radius 3 is 2.74 bits per heavy atom. The van der Waals surface area contributed by atoms with Crippen LogP contribution >= 0.6 is 23.2 Å². The summed E-state index contributed by atoms with van der Waals surface area (Å²) in [6.45, 7) is 0.650. The number of benzene rings is 3. The minimum Gasteiger partial charge on any atom is -0.454 e. The van der Waals surface area contributed by atoms with Gasteiger partial charge in [-0.1, -0.05) is 47.5 Å². The maximum absolute atomic E-state index is 9.97. The Kier molecular flexibility index (Phi) is 5.03. The van der Waals surface area contributed by atoms with Crippen LogP contribution in [0.5, 0.6) is 11.5 Å². The molecule has 31 heavy (non-hydrogen) atoms. The van der Waals surface area contributed by atoms with E-state index in [4.69, 9.17) is 37.7 Å². The van der Waals surface area contributed by atoms with Gasteiger partial charge in [0.1, 0.15) is 6.07 Å². The van der Waals surface area contributed by atoms with Crippen molar-refractivity contribution in [3.8, 4) is 17.6 Å². The fourth-order valence-corrected chi connectivity index (χ4v) is 4.05. The number of imidazole rings is 1. The quantitative estimate of drug-likeness (QED) is 0.350. The lowest BCUT2D eigenvalue weighted by atomic mass is 10.1. The number of hydrogen-bond donors (Lipinski definition) is 0. The van der Waals surface area contributed by atoms with Gasteiger partial charge in [-0.15, -0.1) is 0 Å². The van der Waals surface area contributed by atoms with E-state index in [2.05, 4.69) is 6.07 Å². The zero-order valence-corrected chi connectivity index (χ0v) is 17.7. The van der Waals surface area contributed by atoms with Crippen LogP contribution < -0.4 is 9.47 Å². The molecule has 0 atom stereocenters. The molecule has 0 saturated carbocycles. The molecule has 0 N–H and O–H groups in total. The summed E-state index contributed by atoms with van der Waals surface area (Å²) in [5.74, 6) is 1.92. The van der Waals surface area contributed by atoms with Crippen molar-refractivity contribution >= 4 is 45.9 Å². The number of halogens is 2. The molecule has 0 radical (unpaired) electrons. The summed E-state index contributed by atoms with van der Waals surface area (Å²) in [7, 11) is 0. The first-order valence-electron chi connectivity index (χ1n) is 9.53. The molecule has 2 heterocycles. The minimum atomic E-state index is 0.200. The predicted octanol–water partition coefficient (Wildman–Crippen LogP) is 6.18. The van der Waals surface area contributed by atoms with Gasteiger partial charge in [0.05, 0.1) is 23.2 Å². The second-order valence-corrected chi connectivity index (χ2v) is 7.87. The standard InChI is InChI=1S/C24H15Cl2N3O2/c25-18-7-6-16(19(26)11-18)13-29-21-4-2-1-3-20(21)28-24(29)17(12-27)9-15-5-8-22-23(10-15)31-14-30-22/h1-11H,13-14H2/b17-9+. The molecule has 3 aromatic carbocycles. The van der Waals surface area contributed by atoms with Crippen LogP contribution in [0.15, 0.2) is 60.7 Å². The van der Waals surface area contributed by atoms with Crippen molar-refractivity contribution in [1.82, 2.24) is 9.55 Å². The first kappa shape index (κ1) is 19.5. The van der Waals surface area contributed by atoms with Crippen LogP contribution in [-0.2, 0) is 6.54 Å². The van der Waals surface area contributed by atoms with E-state index < -0.39 is 0 Å². The van der Waals surface area contributed by atoms with E-state index in [9.17, 15) is 5.26 Å². The molecule has 0 unspecified atom stereocenters. The molecule has 0 bridgehead atoms. The van der Waals surface area contributed by atoms with Gasteiger partial charge in [-0.05, 0) is 53.6 Å². The smallest absolute Gasteiger partial charge is 0.231 e. The summed E-state index contributed by atoms with van der Waals surface area (Å²) in [5, 5.41) is 11.1. The normalized spacial score (nSPS) is 12.9. The Morgan fingerprint density at radius 1 is 1.06 bits per heavy atom. The topological polar surface area (TPSA) is 60.1 Å². The number of nitrogens with zero attached hydrogens (tertiary/aromatic N) is 3. The average molecular weight is 448 g/mol. The van der Waals surface area contributed by atoms with Gasteiger partial charge in [0.15, 0.2) is 17.3 Å². The van der Waals surface area contributed by atoms with E-state index >= 15 is 0 Å². The summed E-state index contributed by atoms with van der Waals surface area (Å²) < 4.78 is 12.8. The molecule has 152 valence electrons. The van der Waals surface area contributed by atoms with Gasteiger partial charge in [-0.3, -0.25) is 0 Å². The highest BCUT2D eigenvalue weighted by Crippen LogP contribution is 2.34. The number of hydrogen-bond acceptors (Lipinski definition) is 4. The molecule has 4 aromatic rings. The third kappa shape index (κ3) is 3.72. The third-order valence-corrected chi connectivity index (χ3v) is 5.65. The van der Waals surface area contributed by atoms with Gasteiger partial charge in [0, 0.05) is 10.0 Å². The molecule has 0 fully saturated rings. The fraction of sp³-hybridized carbons (Fsp3) is 0.0833. The van der Waals surface area contributed by atoms with Crippen molar-refractivity contribution in [2.75, 3.05) is 6.79 Å². The van der Waals surface area contributed by atoms with Crippen molar-refractivity contribution in [2.45, 2.75) is 6.54 Å². The lowest BCUT2D eigenvalue weighted by Gasteiger charge is -2.11. The molecule has 5 nitrogen and oxygen atoms in total. The van der Waals surface area contributed by atoms with Gasteiger partial charge in [-0.2, -0.15) is 5.26 Å². The Morgan fingerprint density at radius 2 is 1.90 bits per heavy atom. The van der Waals surface area contributed by atoms with E-state index in [0.29, 0.717) is 39.5 Å². The van der Waals surface area contributed by atoms with Gasteiger partial charge >= 0.3 is 0 Å². The van der Waals surface area contributed by atoms with Crippen molar-refractivity contribution in [3.63, 3.8) is 0 Å². The van der Waals surface area contributed by atoms with Crippen LogP contribution in [0.2, 0.25) is 10.0 Å². The van der Waals surface area contributed by atoms with Gasteiger partial charge in [0.2, 0.25) is 6.79 Å². The minimum absolute atomic E-state index is 0.200. The second-order valence-electron chi connectivity index (χ2n) is 7.03. The molecule has 0 amide bonds. The van der Waals surface area contributed by atoms with Gasteiger partial charge in [-0.25, -0.2) is 4.98 Å². The first-order valence-corrected chi connectivity index (χ1v) is 10.3. The number of nitriles is 1. The Hall–Kier alpha value is -3.46. The van der Waals surface area contributed by atoms with Crippen LogP contribution in [-0.4, -0.2) is 16.3 Å². The monoisotopic (exact) mass is 447 g/mol. The van der Waals surface area contributed by atoms with Crippen LogP contribution in [0, 0.1) is 11.3 Å². The predicted molar refractivity (Wildman–Crippen MR) is 121 cm³/mol. The lowest BCUT2D eigenvalue weighted by molar-refractivity contribution is 0.174. The maximum Gasteiger partial charge on any atom is 0.231 e. The van der Waals surface area contributed by atoms with Crippen LogP contribution in [0.25, 0.3) is 22.7 Å². The largest absolute Gasteiger partial charge is 0.454 e. The highest BCUT2D eigenvalue weighted by molar-refractivity contribution is 6.35. The number of rotatable bonds is 4. The summed E-state index contributed by atoms with van der Waals surface area (Å²) >= 11 is 12.5. The second kappa shape index (κ2) is 7.99. The number of para-hydroxylation sites is 2. The lowest BCUT2D eigenvalue weighted by Crippen LogP contribution is -2.05. The summed E-state index contributed by atoms with van der Waals surface area (Å²) in [4.78, 5) is 4.74. The SMILES string of the molecule is N#C/C(=C\c1ccc2c(c1)OCO2)c1nc2ccccc2n1Cc1ccc(Cl)cc1Cl. The van der Waals surface area contributed by atoms with Gasteiger partial charge in [0.25, 0.3) is 0 Å². The Labute approximate surface area is 188 Å². The van der Waals surface area contributed by atoms with Crippen molar-refractivity contribution in [1.29, 1.82) is 5.26 Å². The maximum atomic E-state index is 9.97. The summed E-state index contributed by atoms with van der Waals surface area (Å²) in [6, 6.07) is 21.0. The van der Waals surface area contributed by atoms with E-state index in [0.717, 1.165) is 22.2 Å². The highest BCUT2D eigenvalue weighted by Gasteiger charge is 2.17. The molecule has 0 saturated heterocycles. The van der Waals surface area contributed by atoms with E-state index in [-0.39, 0.29) is 6.79 Å². The molecule has 0 aliphatic carbocycles. The summed E-state index contributed by atoms with van der Waals surface area (Å²) in [5.41, 5.74) is 3.85. The number of fused-ring (bicyclic) bond motifs is 2. The van der Waals surface area contributed by atoms with Gasteiger partial charge < -0.3 is 14.0 Å². The van der Waals surface area contributed by atoms with E-state index in [1.165, 1.54) is 0 Å². The molecule has 1 aliphatic rings. The number of aromatic nitrogens is 2.